The number of sulfonamides is 1. The van der Waals surface area contributed by atoms with Crippen molar-refractivity contribution in [1.29, 1.82) is 0 Å². The van der Waals surface area contributed by atoms with E-state index in [4.69, 9.17) is 21.1 Å². The Bertz CT molecular complexity index is 1080. The lowest BCUT2D eigenvalue weighted by Crippen LogP contribution is -2.53. The average Bonchev–Trinajstić information content (AvgIpc) is 3.06. The minimum atomic E-state index is -4.35. The number of hydrogen-bond donors (Lipinski definition) is 3. The fourth-order valence-corrected chi connectivity index (χ4v) is 4.03. The minimum absolute atomic E-state index is 0.0721. The SMILES string of the molecule is COC1=NN(NC(=O)NS(=O)(=O)c2cccc(Cl)c2C=C2CCOC2=O)NC(C)=C1. The van der Waals surface area contributed by atoms with Crippen LogP contribution in [0.4, 0.5) is 4.79 Å². The molecule has 1 aromatic rings. The summed E-state index contributed by atoms with van der Waals surface area (Å²) in [4.78, 5) is 23.7. The van der Waals surface area contributed by atoms with Gasteiger partial charge in [-0.3, -0.25) is 5.43 Å². The number of hydrogen-bond acceptors (Lipinski definition) is 9. The molecule has 0 aliphatic carbocycles. The third-order valence-electron chi connectivity index (χ3n) is 3.95. The van der Waals surface area contributed by atoms with E-state index < -0.39 is 22.0 Å². The lowest BCUT2D eigenvalue weighted by molar-refractivity contribution is -0.134. The molecule has 3 N–H and O–H groups in total. The van der Waals surface area contributed by atoms with Crippen molar-refractivity contribution in [2.75, 3.05) is 13.7 Å². The van der Waals surface area contributed by atoms with Gasteiger partial charge >= 0.3 is 12.0 Å². The van der Waals surface area contributed by atoms with Gasteiger partial charge in [0.25, 0.3) is 10.0 Å². The first-order valence-corrected chi connectivity index (χ1v) is 10.4. The number of urea groups is 1. The van der Waals surface area contributed by atoms with Crippen molar-refractivity contribution in [2.24, 2.45) is 5.10 Å². The van der Waals surface area contributed by atoms with E-state index in [1.165, 1.54) is 31.4 Å². The van der Waals surface area contributed by atoms with E-state index in [9.17, 15) is 18.0 Å². The van der Waals surface area contributed by atoms with E-state index in [0.29, 0.717) is 12.1 Å². The summed E-state index contributed by atoms with van der Waals surface area (Å²) >= 11 is 6.16. The summed E-state index contributed by atoms with van der Waals surface area (Å²) in [7, 11) is -2.95. The molecule has 2 aliphatic rings. The number of amides is 2. The predicted octanol–water partition coefficient (Wildman–Crippen LogP) is 1.26. The maximum Gasteiger partial charge on any atom is 0.350 e. The maximum atomic E-state index is 12.8. The predicted molar refractivity (Wildman–Crippen MR) is 107 cm³/mol. The molecule has 30 heavy (non-hydrogen) atoms. The number of methoxy groups -OCH3 is 1. The third kappa shape index (κ3) is 4.83. The summed E-state index contributed by atoms with van der Waals surface area (Å²) in [6.07, 6.45) is 3.25. The number of nitrogens with one attached hydrogen (secondary N) is 3. The van der Waals surface area contributed by atoms with E-state index in [-0.39, 0.29) is 33.6 Å². The van der Waals surface area contributed by atoms with E-state index >= 15 is 0 Å². The Kier molecular flexibility index (Phi) is 6.17. The van der Waals surface area contributed by atoms with Crippen molar-refractivity contribution in [3.8, 4) is 0 Å². The molecule has 0 atom stereocenters. The second-order valence-electron chi connectivity index (χ2n) is 6.15. The van der Waals surface area contributed by atoms with Crippen molar-refractivity contribution >= 4 is 45.6 Å². The first kappa shape index (κ1) is 21.5. The molecule has 160 valence electrons. The summed E-state index contributed by atoms with van der Waals surface area (Å²) < 4.78 is 37.3. The Morgan fingerprint density at radius 2 is 2.20 bits per heavy atom. The Morgan fingerprint density at radius 3 is 2.87 bits per heavy atom. The lowest BCUT2D eigenvalue weighted by Gasteiger charge is -2.25. The maximum absolute atomic E-state index is 12.8. The largest absolute Gasteiger partial charge is 0.480 e. The number of hydrazine groups is 2. The molecule has 2 aliphatic heterocycles. The van der Waals surface area contributed by atoms with Crippen LogP contribution in [-0.4, -0.2) is 45.3 Å². The number of carbonyl (C=O) groups excluding carboxylic acids is 2. The number of esters is 1. The molecule has 0 saturated carbocycles. The summed E-state index contributed by atoms with van der Waals surface area (Å²) in [5, 5.41) is 4.89. The van der Waals surface area contributed by atoms with Gasteiger partial charge in [-0.1, -0.05) is 22.8 Å². The molecule has 2 heterocycles. The minimum Gasteiger partial charge on any atom is -0.480 e. The molecular weight excluding hydrogens is 438 g/mol. The fraction of sp³-hybridized carbons (Fsp3) is 0.235. The van der Waals surface area contributed by atoms with Crippen LogP contribution in [0.2, 0.25) is 5.02 Å². The van der Waals surface area contributed by atoms with E-state index in [0.717, 1.165) is 5.23 Å². The van der Waals surface area contributed by atoms with E-state index in [1.807, 2.05) is 4.72 Å². The van der Waals surface area contributed by atoms with Crippen molar-refractivity contribution in [1.82, 2.24) is 20.8 Å². The van der Waals surface area contributed by atoms with Crippen molar-refractivity contribution in [2.45, 2.75) is 18.2 Å². The third-order valence-corrected chi connectivity index (χ3v) is 5.67. The van der Waals surface area contributed by atoms with Gasteiger partial charge in [0.1, 0.15) is 0 Å². The molecule has 1 fully saturated rings. The second-order valence-corrected chi connectivity index (χ2v) is 8.20. The summed E-state index contributed by atoms with van der Waals surface area (Å²) in [5.74, 6) is -0.350. The number of nitrogens with zero attached hydrogens (tertiary/aromatic N) is 2. The van der Waals surface area contributed by atoms with Gasteiger partial charge in [0, 0.05) is 34.4 Å². The molecule has 0 spiro atoms. The molecule has 1 saturated heterocycles. The molecule has 0 aromatic heterocycles. The van der Waals surface area contributed by atoms with Crippen LogP contribution < -0.4 is 15.6 Å². The number of benzene rings is 1. The first-order valence-electron chi connectivity index (χ1n) is 8.57. The van der Waals surface area contributed by atoms with Crippen LogP contribution in [0, 0.1) is 0 Å². The Labute approximate surface area is 177 Å². The highest BCUT2D eigenvalue weighted by Crippen LogP contribution is 2.28. The van der Waals surface area contributed by atoms with Gasteiger partial charge in [-0.25, -0.2) is 28.2 Å². The number of hydrazone groups is 1. The molecule has 13 heteroatoms. The fourth-order valence-electron chi connectivity index (χ4n) is 2.63. The smallest absolute Gasteiger partial charge is 0.350 e. The Morgan fingerprint density at radius 1 is 1.43 bits per heavy atom. The molecule has 0 bridgehead atoms. The zero-order chi connectivity index (χ0) is 21.9. The Hall–Kier alpha value is -3.25. The van der Waals surface area contributed by atoms with Gasteiger partial charge in [-0.05, 0) is 25.1 Å². The number of halogens is 1. The standard InChI is InChI=1S/C17H18ClN5O6S/c1-10-8-15(28-2)20-23(19-10)21-17(25)22-30(26,27)14-5-3-4-13(18)12(14)9-11-6-7-29-16(11)24/h3-5,8-9,19H,6-7H2,1-2H3,(H2,21,22,25). The summed E-state index contributed by atoms with van der Waals surface area (Å²) in [6.45, 7) is 1.90. The van der Waals surface area contributed by atoms with Gasteiger partial charge < -0.3 is 9.47 Å². The molecular formula is C17H18ClN5O6S. The van der Waals surface area contributed by atoms with Crippen LogP contribution in [0.3, 0.4) is 0 Å². The van der Waals surface area contributed by atoms with Gasteiger partial charge in [-0.15, -0.1) is 5.23 Å². The number of allylic oxidation sites excluding steroid dienone is 1. The van der Waals surface area contributed by atoms with Crippen LogP contribution in [0.15, 0.2) is 45.5 Å². The van der Waals surface area contributed by atoms with Gasteiger partial charge in [0.15, 0.2) is 0 Å². The van der Waals surface area contributed by atoms with Gasteiger partial charge in [-0.2, -0.15) is 0 Å². The number of rotatable bonds is 4. The zero-order valence-electron chi connectivity index (χ0n) is 15.9. The zero-order valence-corrected chi connectivity index (χ0v) is 17.5. The number of cyclic esters (lactones) is 1. The highest BCUT2D eigenvalue weighted by Gasteiger charge is 2.26. The van der Waals surface area contributed by atoms with E-state index in [2.05, 4.69) is 16.0 Å². The quantitative estimate of drug-likeness (QED) is 0.455. The van der Waals surface area contributed by atoms with E-state index in [1.54, 1.807) is 13.0 Å². The molecule has 11 nitrogen and oxygen atoms in total. The monoisotopic (exact) mass is 455 g/mol. The lowest BCUT2D eigenvalue weighted by atomic mass is 10.1. The number of carbonyl (C=O) groups is 2. The molecule has 0 radical (unpaired) electrons. The van der Waals surface area contributed by atoms with Crippen molar-refractivity contribution in [3.05, 3.63) is 46.1 Å². The van der Waals surface area contributed by atoms with Crippen molar-refractivity contribution in [3.63, 3.8) is 0 Å². The Balaban J connectivity index is 1.82. The van der Waals surface area contributed by atoms with Crippen LogP contribution >= 0.6 is 11.6 Å². The first-order chi connectivity index (χ1) is 14.2. The second kappa shape index (κ2) is 8.63. The average molecular weight is 456 g/mol. The van der Waals surface area contributed by atoms with Crippen LogP contribution in [0.1, 0.15) is 18.9 Å². The molecule has 0 unspecified atom stereocenters. The number of ether oxygens (including phenoxy) is 2. The van der Waals surface area contributed by atoms with Crippen molar-refractivity contribution < 1.29 is 27.5 Å². The van der Waals surface area contributed by atoms with Gasteiger partial charge in [0.2, 0.25) is 5.90 Å². The molecule has 3 rings (SSSR count). The highest BCUT2D eigenvalue weighted by molar-refractivity contribution is 7.90. The van der Waals surface area contributed by atoms with Crippen LogP contribution in [0.25, 0.3) is 6.08 Å². The highest BCUT2D eigenvalue weighted by atomic mass is 35.5. The van der Waals surface area contributed by atoms with Crippen LogP contribution in [-0.2, 0) is 24.3 Å². The summed E-state index contributed by atoms with van der Waals surface area (Å²) in [6, 6.07) is 3.07. The molecule has 1 aromatic carbocycles. The topological polar surface area (TPSA) is 138 Å². The summed E-state index contributed by atoms with van der Waals surface area (Å²) in [5.41, 5.74) is 5.85. The van der Waals surface area contributed by atoms with Gasteiger partial charge in [0.05, 0.1) is 18.6 Å². The van der Waals surface area contributed by atoms with Crippen LogP contribution in [0.5, 0.6) is 0 Å². The molecule has 2 amide bonds. The normalized spacial score (nSPS) is 17.6.